The van der Waals surface area contributed by atoms with Gasteiger partial charge in [-0.25, -0.2) is 0 Å². The van der Waals surface area contributed by atoms with E-state index in [4.69, 9.17) is 0 Å². The maximum Gasteiger partial charge on any atom is 0.0465 e. The fourth-order valence-electron chi connectivity index (χ4n) is 17.5. The lowest BCUT2D eigenvalue weighted by atomic mass is 9.80. The molecule has 2 nitrogen and oxygen atoms in total. The summed E-state index contributed by atoms with van der Waals surface area (Å²) in [5.74, 6) is 0. The van der Waals surface area contributed by atoms with Gasteiger partial charge in [-0.05, 0) is 235 Å². The Morgan fingerprint density at radius 2 is 0.619 bits per heavy atom. The summed E-state index contributed by atoms with van der Waals surface area (Å²) in [6, 6.07) is 98.4. The van der Waals surface area contributed by atoms with Gasteiger partial charge < -0.3 is 9.80 Å². The van der Waals surface area contributed by atoms with Crippen molar-refractivity contribution in [3.8, 4) is 55.6 Å². The highest BCUT2D eigenvalue weighted by Gasteiger charge is 2.41. The normalized spacial score (nSPS) is 15.5. The number of hydrogen-bond donors (Lipinski definition) is 0. The van der Waals surface area contributed by atoms with E-state index >= 15 is 0 Å². The fraction of sp³-hybridized carbons (Fsp3) is 0.204. The van der Waals surface area contributed by atoms with Gasteiger partial charge in [-0.2, -0.15) is 0 Å². The molecule has 518 valence electrons. The zero-order valence-corrected chi connectivity index (χ0v) is 63.9. The molecule has 2 heteroatoms. The van der Waals surface area contributed by atoms with Gasteiger partial charge >= 0.3 is 0 Å². The van der Waals surface area contributed by atoms with Crippen LogP contribution in [0.2, 0.25) is 0 Å². The molecule has 4 aliphatic rings. The molecule has 0 aromatic heterocycles. The summed E-state index contributed by atoms with van der Waals surface area (Å²) in [5, 5.41) is 0. The Morgan fingerprint density at radius 3 is 1.04 bits per heavy atom. The SMILES string of the molecule is C=C/C(=C\C1=C(C)c2ccccc2C1(C)C)N(c1ccc(C(C)(C)C)cc1)c1ccc2c(c1)C(C)(C)c1cc(/C=C/c3ccc(-c4ccc(-c5ccc(/C=C/c6ccc7c(c6)C(C)(C)c6cc(N(c8ccc(C(C)(C)C)cc8)c8ccc9c(c8)C(C)(C)c8ccccc8-9)ccc6-7)cc5)cc4)cc3)ccc1-2. The van der Waals surface area contributed by atoms with E-state index in [0.717, 1.165) is 28.4 Å². The van der Waals surface area contributed by atoms with Crippen molar-refractivity contribution in [2.75, 3.05) is 9.80 Å². The van der Waals surface area contributed by atoms with Gasteiger partial charge in [0, 0.05) is 55.8 Å². The van der Waals surface area contributed by atoms with Crippen LogP contribution >= 0.6 is 0 Å². The van der Waals surface area contributed by atoms with Crippen molar-refractivity contribution >= 4 is 58.3 Å². The van der Waals surface area contributed by atoms with Crippen molar-refractivity contribution in [1.29, 1.82) is 0 Å². The van der Waals surface area contributed by atoms with Crippen LogP contribution in [0, 0.1) is 0 Å². The van der Waals surface area contributed by atoms with E-state index in [9.17, 15) is 0 Å². The van der Waals surface area contributed by atoms with Gasteiger partial charge in [0.2, 0.25) is 0 Å². The lowest BCUT2D eigenvalue weighted by Gasteiger charge is -2.31. The molecule has 0 atom stereocenters. The Balaban J connectivity index is 0.587. The molecule has 0 N–H and O–H groups in total. The minimum atomic E-state index is -0.231. The molecule has 12 aromatic rings. The predicted octanol–water partition coefficient (Wildman–Crippen LogP) is 28.3. The summed E-state index contributed by atoms with van der Waals surface area (Å²) in [4.78, 5) is 4.88. The quantitative estimate of drug-likeness (QED) is 0.0791. The third-order valence-electron chi connectivity index (χ3n) is 23.8. The van der Waals surface area contributed by atoms with E-state index in [-0.39, 0.29) is 32.5 Å². The van der Waals surface area contributed by atoms with E-state index in [1.165, 1.54) is 150 Å². The first kappa shape index (κ1) is 68.4. The first-order valence-corrected chi connectivity index (χ1v) is 37.6. The zero-order valence-electron chi connectivity index (χ0n) is 63.9. The van der Waals surface area contributed by atoms with Gasteiger partial charge in [0.25, 0.3) is 0 Å². The monoisotopic (exact) mass is 1360 g/mol. The first-order valence-electron chi connectivity index (χ1n) is 37.6. The standard InChI is InChI=1S/C103H96N2/c1-17-77(62-92-66(2)83-22-18-20-24-90(83)100(92,9)10)104(78-48-44-75(45-49-78)98(3,4)5)80-52-58-88-85-55-34-69(60-93(85)102(13,14)96(88)63-80)28-26-67-30-36-71(37-31-67)73-40-42-74(43-41-73)72-38-32-68(33-39-72)27-29-70-35-56-86-89-59-54-82(65-97(89)103(15,16)94(86)61-70)105(79-50-46-76(47-51-79)99(6,7)8)81-53-57-87-84-23-19-21-25-91(84)101(11,12)95(87)64-81/h17-65H,1H2,2-16H3/b28-26+,29-27+,77-62+. The maximum atomic E-state index is 4.47. The third-order valence-corrected chi connectivity index (χ3v) is 23.8. The molecule has 0 heterocycles. The Kier molecular flexibility index (Phi) is 16.5. The Morgan fingerprint density at radius 1 is 0.305 bits per heavy atom. The molecule has 0 unspecified atom stereocenters. The lowest BCUT2D eigenvalue weighted by molar-refractivity contribution is 0.590. The molecule has 0 radical (unpaired) electrons. The van der Waals surface area contributed by atoms with Gasteiger partial charge in [-0.1, -0.05) is 328 Å². The summed E-state index contributed by atoms with van der Waals surface area (Å²) in [7, 11) is 0. The number of allylic oxidation sites excluding steroid dienone is 4. The van der Waals surface area contributed by atoms with E-state index in [1.54, 1.807) is 0 Å². The van der Waals surface area contributed by atoms with Crippen molar-refractivity contribution < 1.29 is 0 Å². The van der Waals surface area contributed by atoms with Crippen LogP contribution in [0.3, 0.4) is 0 Å². The van der Waals surface area contributed by atoms with E-state index in [2.05, 4.69) is 411 Å². The minimum absolute atomic E-state index is 0.0377. The van der Waals surface area contributed by atoms with Crippen molar-refractivity contribution in [2.24, 2.45) is 0 Å². The molecule has 0 bridgehead atoms. The van der Waals surface area contributed by atoms with Gasteiger partial charge in [-0.15, -0.1) is 0 Å². The van der Waals surface area contributed by atoms with E-state index in [0.29, 0.717) is 0 Å². The Bertz CT molecular complexity index is 5580. The van der Waals surface area contributed by atoms with E-state index in [1.807, 2.05) is 6.08 Å². The number of anilines is 5. The van der Waals surface area contributed by atoms with Crippen LogP contribution in [0.25, 0.3) is 85.5 Å². The largest absolute Gasteiger partial charge is 0.311 e. The maximum absolute atomic E-state index is 4.47. The van der Waals surface area contributed by atoms with Gasteiger partial charge in [0.05, 0.1) is 0 Å². The zero-order chi connectivity index (χ0) is 73.3. The summed E-state index contributed by atoms with van der Waals surface area (Å²) >= 11 is 0. The first-order chi connectivity index (χ1) is 50.2. The highest BCUT2D eigenvalue weighted by atomic mass is 15.2. The third kappa shape index (κ3) is 11.9. The van der Waals surface area contributed by atoms with Crippen molar-refractivity contribution in [1.82, 2.24) is 0 Å². The highest BCUT2D eigenvalue weighted by Crippen LogP contribution is 2.56. The second kappa shape index (κ2) is 25.4. The average molecular weight is 1360 g/mol. The van der Waals surface area contributed by atoms with Crippen LogP contribution in [0.15, 0.2) is 291 Å². The molecule has 0 saturated carbocycles. The Hall–Kier alpha value is -11.1. The molecule has 0 amide bonds. The van der Waals surface area contributed by atoms with Crippen LogP contribution in [0.5, 0.6) is 0 Å². The highest BCUT2D eigenvalue weighted by molar-refractivity contribution is 5.91. The van der Waals surface area contributed by atoms with Gasteiger partial charge in [0.15, 0.2) is 0 Å². The van der Waals surface area contributed by atoms with Crippen molar-refractivity contribution in [3.05, 3.63) is 369 Å². The minimum Gasteiger partial charge on any atom is -0.311 e. The van der Waals surface area contributed by atoms with Crippen LogP contribution in [0.1, 0.15) is 182 Å². The molecule has 4 aliphatic carbocycles. The molecular formula is C103H96N2. The second-order valence-corrected chi connectivity index (χ2v) is 34.0. The smallest absolute Gasteiger partial charge is 0.0465 e. The molecule has 0 saturated heterocycles. The topological polar surface area (TPSA) is 6.48 Å². The van der Waals surface area contributed by atoms with Crippen molar-refractivity contribution in [2.45, 2.75) is 136 Å². The molecule has 0 fully saturated rings. The van der Waals surface area contributed by atoms with Crippen LogP contribution in [-0.2, 0) is 32.5 Å². The Labute approximate surface area is 624 Å². The lowest BCUT2D eigenvalue weighted by Crippen LogP contribution is -2.21. The predicted molar refractivity (Wildman–Crippen MR) is 452 cm³/mol. The molecule has 105 heavy (non-hydrogen) atoms. The molecular weight excluding hydrogens is 1270 g/mol. The number of nitrogens with zero attached hydrogens (tertiary/aromatic N) is 2. The number of hydrogen-bond acceptors (Lipinski definition) is 2. The van der Waals surface area contributed by atoms with E-state index < -0.39 is 0 Å². The summed E-state index contributed by atoms with van der Waals surface area (Å²) in [5.41, 5.74) is 39.7. The molecule has 16 rings (SSSR count). The second-order valence-electron chi connectivity index (χ2n) is 34.0. The van der Waals surface area contributed by atoms with Crippen LogP contribution in [0.4, 0.5) is 28.4 Å². The molecule has 12 aromatic carbocycles. The van der Waals surface area contributed by atoms with Crippen molar-refractivity contribution in [3.63, 3.8) is 0 Å². The summed E-state index contributed by atoms with van der Waals surface area (Å²) in [6.07, 6.45) is 13.4. The molecule has 0 spiro atoms. The van der Waals surface area contributed by atoms with Crippen LogP contribution < -0.4 is 9.80 Å². The van der Waals surface area contributed by atoms with Crippen LogP contribution in [-0.4, -0.2) is 0 Å². The molecule has 0 aliphatic heterocycles. The van der Waals surface area contributed by atoms with Gasteiger partial charge in [-0.3, -0.25) is 0 Å². The number of fused-ring (bicyclic) bond motifs is 10. The fourth-order valence-corrected chi connectivity index (χ4v) is 17.5. The number of rotatable bonds is 14. The average Bonchev–Trinajstić information content (AvgIpc) is 1.53. The van der Waals surface area contributed by atoms with Gasteiger partial charge in [0.1, 0.15) is 0 Å². The number of benzene rings is 12. The summed E-state index contributed by atoms with van der Waals surface area (Å²) < 4.78 is 0. The summed E-state index contributed by atoms with van der Waals surface area (Å²) in [6.45, 7) is 39.4.